The predicted octanol–water partition coefficient (Wildman–Crippen LogP) is 3.42. The van der Waals surface area contributed by atoms with Crippen molar-refractivity contribution in [2.24, 2.45) is 0 Å². The van der Waals surface area contributed by atoms with E-state index in [0.717, 1.165) is 0 Å². The number of carbonyl (C=O) groups is 1. The summed E-state index contributed by atoms with van der Waals surface area (Å²) in [6.07, 6.45) is 3.21. The SMILES string of the molecule is O=C1/C(=C/c2ccc([N+](=O)[O-])cc2)CN(CCCP(=O)(O)O)C/C1=C\c1ccc([N+](=O)[O-])cc1. The van der Waals surface area contributed by atoms with Gasteiger partial charge in [-0.25, -0.2) is 0 Å². The monoisotopic (exact) mass is 487 g/mol. The van der Waals surface area contributed by atoms with Crippen LogP contribution in [0.4, 0.5) is 11.4 Å². The molecule has 178 valence electrons. The third kappa shape index (κ3) is 7.00. The fourth-order valence-electron chi connectivity index (χ4n) is 3.56. The first kappa shape index (κ1) is 25.1. The van der Waals surface area contributed by atoms with Crippen molar-refractivity contribution in [1.29, 1.82) is 0 Å². The van der Waals surface area contributed by atoms with Gasteiger partial charge in [0.2, 0.25) is 0 Å². The van der Waals surface area contributed by atoms with E-state index in [2.05, 4.69) is 0 Å². The molecule has 0 saturated carbocycles. The summed E-state index contributed by atoms with van der Waals surface area (Å²) >= 11 is 0. The second kappa shape index (κ2) is 10.6. The lowest BCUT2D eigenvalue weighted by Crippen LogP contribution is -2.38. The largest absolute Gasteiger partial charge is 0.325 e. The number of nitrogens with zero attached hydrogens (tertiary/aromatic N) is 3. The van der Waals surface area contributed by atoms with Gasteiger partial charge in [0, 0.05) is 48.5 Å². The molecule has 1 fully saturated rings. The van der Waals surface area contributed by atoms with Gasteiger partial charge in [-0.1, -0.05) is 0 Å². The molecule has 0 spiro atoms. The highest BCUT2D eigenvalue weighted by Crippen LogP contribution is 2.35. The van der Waals surface area contributed by atoms with E-state index in [-0.39, 0.29) is 42.8 Å². The van der Waals surface area contributed by atoms with Crippen molar-refractivity contribution < 1.29 is 29.0 Å². The van der Waals surface area contributed by atoms with Crippen LogP contribution in [0.25, 0.3) is 12.2 Å². The van der Waals surface area contributed by atoms with Crippen LogP contribution in [0.1, 0.15) is 17.5 Å². The molecule has 1 heterocycles. The molecule has 0 aliphatic carbocycles. The minimum Gasteiger partial charge on any atom is -0.324 e. The van der Waals surface area contributed by atoms with Gasteiger partial charge in [-0.15, -0.1) is 0 Å². The maximum Gasteiger partial charge on any atom is 0.325 e. The maximum absolute atomic E-state index is 13.2. The molecule has 0 bridgehead atoms. The number of rotatable bonds is 8. The molecule has 12 heteroatoms. The summed E-state index contributed by atoms with van der Waals surface area (Å²) in [7, 11) is -4.14. The number of non-ortho nitro benzene ring substituents is 2. The Kier molecular flexibility index (Phi) is 7.85. The van der Waals surface area contributed by atoms with Gasteiger partial charge in [0.25, 0.3) is 11.4 Å². The fourth-order valence-corrected chi connectivity index (χ4v) is 4.11. The molecule has 1 aliphatic heterocycles. The molecule has 0 atom stereocenters. The fraction of sp³-hybridized carbons (Fsp3) is 0.227. The zero-order chi connectivity index (χ0) is 24.9. The van der Waals surface area contributed by atoms with Crippen LogP contribution in [0.3, 0.4) is 0 Å². The Morgan fingerprint density at radius 2 is 1.26 bits per heavy atom. The van der Waals surface area contributed by atoms with Crippen LogP contribution in [0.15, 0.2) is 59.7 Å². The Balaban J connectivity index is 1.89. The molecule has 3 rings (SSSR count). The number of likely N-dealkylation sites (tertiary alicyclic amines) is 1. The number of ketones is 1. The van der Waals surface area contributed by atoms with Crippen molar-refractivity contribution in [2.45, 2.75) is 6.42 Å². The topological polar surface area (TPSA) is 164 Å². The van der Waals surface area contributed by atoms with Gasteiger partial charge < -0.3 is 9.79 Å². The van der Waals surface area contributed by atoms with E-state index in [1.165, 1.54) is 48.5 Å². The van der Waals surface area contributed by atoms with Crippen molar-refractivity contribution in [1.82, 2.24) is 4.90 Å². The smallest absolute Gasteiger partial charge is 0.324 e. The van der Waals surface area contributed by atoms with Crippen LogP contribution in [-0.4, -0.2) is 56.1 Å². The zero-order valence-corrected chi connectivity index (χ0v) is 18.8. The van der Waals surface area contributed by atoms with Gasteiger partial charge in [0.1, 0.15) is 0 Å². The number of piperidine rings is 1. The molecular formula is C22H22N3O8P. The van der Waals surface area contributed by atoms with Gasteiger partial charge in [-0.3, -0.25) is 34.5 Å². The molecular weight excluding hydrogens is 465 g/mol. The normalized spacial score (nSPS) is 17.3. The van der Waals surface area contributed by atoms with Crippen molar-refractivity contribution in [3.8, 4) is 0 Å². The lowest BCUT2D eigenvalue weighted by atomic mass is 9.94. The van der Waals surface area contributed by atoms with E-state index < -0.39 is 17.4 Å². The predicted molar refractivity (Wildman–Crippen MR) is 125 cm³/mol. The van der Waals surface area contributed by atoms with Crippen LogP contribution in [0.5, 0.6) is 0 Å². The Bertz CT molecular complexity index is 1120. The molecule has 0 amide bonds. The highest BCUT2D eigenvalue weighted by atomic mass is 31.2. The van der Waals surface area contributed by atoms with E-state index in [1.54, 1.807) is 12.2 Å². The average Bonchev–Trinajstić information content (AvgIpc) is 2.76. The molecule has 11 nitrogen and oxygen atoms in total. The Morgan fingerprint density at radius 1 is 0.853 bits per heavy atom. The second-order valence-corrected chi connectivity index (χ2v) is 9.59. The van der Waals surface area contributed by atoms with Gasteiger partial charge in [-0.2, -0.15) is 0 Å². The lowest BCUT2D eigenvalue weighted by Gasteiger charge is -2.30. The quantitative estimate of drug-likeness (QED) is 0.246. The van der Waals surface area contributed by atoms with Crippen LogP contribution in [0, 0.1) is 20.2 Å². The molecule has 0 aromatic heterocycles. The zero-order valence-electron chi connectivity index (χ0n) is 17.9. The third-order valence-electron chi connectivity index (χ3n) is 5.18. The third-order valence-corrected chi connectivity index (χ3v) is 6.08. The standard InChI is InChI=1S/C22H22N3O8P/c26-22-18(12-16-2-6-20(7-3-16)24(27)28)14-23(10-1-11-34(31,32)33)15-19(22)13-17-4-8-21(9-5-17)25(29)30/h2-9,12-13H,1,10-11,14-15H2,(H2,31,32,33)/b18-12+,19-13+. The van der Waals surface area contributed by atoms with Crippen LogP contribution >= 0.6 is 7.60 Å². The van der Waals surface area contributed by atoms with Gasteiger partial charge in [0.15, 0.2) is 5.78 Å². The highest BCUT2D eigenvalue weighted by Gasteiger charge is 2.26. The van der Waals surface area contributed by atoms with E-state index in [9.17, 15) is 29.6 Å². The molecule has 0 radical (unpaired) electrons. The summed E-state index contributed by atoms with van der Waals surface area (Å²) in [5.74, 6) is -0.233. The maximum atomic E-state index is 13.2. The Labute approximate surface area is 194 Å². The minimum atomic E-state index is -4.14. The number of benzene rings is 2. The first-order valence-corrected chi connectivity index (χ1v) is 12.0. The first-order chi connectivity index (χ1) is 16.0. The highest BCUT2D eigenvalue weighted by molar-refractivity contribution is 7.51. The molecule has 1 saturated heterocycles. The summed E-state index contributed by atoms with van der Waals surface area (Å²) in [5, 5.41) is 21.7. The number of hydrogen-bond donors (Lipinski definition) is 2. The van der Waals surface area contributed by atoms with Crippen LogP contribution in [0.2, 0.25) is 0 Å². The van der Waals surface area contributed by atoms with Crippen molar-refractivity contribution in [3.05, 3.63) is 91.0 Å². The molecule has 2 N–H and O–H groups in total. The van der Waals surface area contributed by atoms with Crippen molar-refractivity contribution in [3.63, 3.8) is 0 Å². The summed E-state index contributed by atoms with van der Waals surface area (Å²) in [6.45, 7) is 0.830. The molecule has 2 aromatic carbocycles. The Hall–Kier alpha value is -3.50. The van der Waals surface area contributed by atoms with Gasteiger partial charge in [-0.05, 0) is 60.5 Å². The van der Waals surface area contributed by atoms with Crippen molar-refractivity contribution >= 4 is 36.9 Å². The molecule has 1 aliphatic rings. The summed E-state index contributed by atoms with van der Waals surface area (Å²) in [4.78, 5) is 54.0. The van der Waals surface area contributed by atoms with Crippen LogP contribution < -0.4 is 0 Å². The average molecular weight is 487 g/mol. The van der Waals surface area contributed by atoms with E-state index in [0.29, 0.717) is 28.8 Å². The van der Waals surface area contributed by atoms with Crippen LogP contribution in [-0.2, 0) is 9.36 Å². The Morgan fingerprint density at radius 3 is 1.62 bits per heavy atom. The van der Waals surface area contributed by atoms with Crippen molar-refractivity contribution in [2.75, 3.05) is 25.8 Å². The van der Waals surface area contributed by atoms with E-state index in [4.69, 9.17) is 9.79 Å². The second-order valence-electron chi connectivity index (χ2n) is 7.82. The lowest BCUT2D eigenvalue weighted by molar-refractivity contribution is -0.385. The van der Waals surface area contributed by atoms with Gasteiger partial charge in [0.05, 0.1) is 16.0 Å². The summed E-state index contributed by atoms with van der Waals surface area (Å²) < 4.78 is 11.2. The molecule has 2 aromatic rings. The number of nitro benzene ring substituents is 2. The summed E-state index contributed by atoms with van der Waals surface area (Å²) in [6, 6.07) is 11.5. The number of Topliss-reactive ketones (excluding diaryl/α,β-unsaturated/α-hetero) is 1. The van der Waals surface area contributed by atoms with E-state index >= 15 is 0 Å². The first-order valence-electron chi connectivity index (χ1n) is 10.2. The number of hydrogen-bond acceptors (Lipinski definition) is 7. The number of carbonyl (C=O) groups excluding carboxylic acids is 1. The number of nitro groups is 2. The summed E-state index contributed by atoms with van der Waals surface area (Å²) in [5.41, 5.74) is 1.89. The molecule has 0 unspecified atom stereocenters. The minimum absolute atomic E-state index is 0.0741. The van der Waals surface area contributed by atoms with Gasteiger partial charge >= 0.3 is 7.60 Å². The van der Waals surface area contributed by atoms with E-state index in [1.807, 2.05) is 4.90 Å². The molecule has 34 heavy (non-hydrogen) atoms.